The average Bonchev–Trinajstić information content (AvgIpc) is 2.52. The number of carbonyl (C=O) groups is 1. The summed E-state index contributed by atoms with van der Waals surface area (Å²) in [6.45, 7) is 1.78. The van der Waals surface area contributed by atoms with Crippen molar-refractivity contribution in [1.29, 1.82) is 0 Å². The molecule has 1 heterocycles. The molecular weight excluding hydrogens is 250 g/mol. The molecule has 104 valence electrons. The minimum Gasteiger partial charge on any atom is -0.334 e. The Balaban J connectivity index is 2.13. The Bertz CT molecular complexity index is 528. The Kier molecular flexibility index (Phi) is 5.26. The quantitative estimate of drug-likeness (QED) is 0.873. The first-order valence-corrected chi connectivity index (χ1v) is 6.74. The van der Waals surface area contributed by atoms with Crippen LogP contribution in [0.3, 0.4) is 0 Å². The molecule has 0 bridgehead atoms. The Morgan fingerprint density at radius 2 is 1.95 bits per heavy atom. The van der Waals surface area contributed by atoms with Gasteiger partial charge in [0, 0.05) is 31.0 Å². The molecule has 0 fully saturated rings. The van der Waals surface area contributed by atoms with Gasteiger partial charge < -0.3 is 10.6 Å². The van der Waals surface area contributed by atoms with Gasteiger partial charge >= 0.3 is 0 Å². The minimum atomic E-state index is 0.0305. The summed E-state index contributed by atoms with van der Waals surface area (Å²) in [5.74, 6) is 0.0305. The van der Waals surface area contributed by atoms with Crippen molar-refractivity contribution in [2.24, 2.45) is 5.73 Å². The number of aromatic nitrogens is 1. The molecule has 1 amide bonds. The fourth-order valence-corrected chi connectivity index (χ4v) is 2.01. The smallest absolute Gasteiger partial charge is 0.254 e. The molecule has 0 atom stereocenters. The maximum Gasteiger partial charge on any atom is 0.254 e. The minimum absolute atomic E-state index is 0.0305. The summed E-state index contributed by atoms with van der Waals surface area (Å²) < 4.78 is 0. The Labute approximate surface area is 119 Å². The summed E-state index contributed by atoms with van der Waals surface area (Å²) in [6, 6.07) is 13.2. The topological polar surface area (TPSA) is 59.2 Å². The molecule has 1 aromatic carbocycles. The van der Waals surface area contributed by atoms with Crippen LogP contribution in [0.4, 0.5) is 0 Å². The zero-order valence-electron chi connectivity index (χ0n) is 11.4. The van der Waals surface area contributed by atoms with E-state index >= 15 is 0 Å². The van der Waals surface area contributed by atoms with Gasteiger partial charge in [0.1, 0.15) is 0 Å². The van der Waals surface area contributed by atoms with Crippen LogP contribution >= 0.6 is 0 Å². The molecule has 2 aromatic rings. The lowest BCUT2D eigenvalue weighted by Gasteiger charge is -2.22. The maximum absolute atomic E-state index is 12.5. The van der Waals surface area contributed by atoms with Crippen LogP contribution in [-0.2, 0) is 6.54 Å². The molecule has 0 aliphatic rings. The first kappa shape index (κ1) is 14.2. The summed E-state index contributed by atoms with van der Waals surface area (Å²) >= 11 is 0. The van der Waals surface area contributed by atoms with Gasteiger partial charge in [0.15, 0.2) is 0 Å². The van der Waals surface area contributed by atoms with Gasteiger partial charge in [0.25, 0.3) is 5.91 Å². The monoisotopic (exact) mass is 269 g/mol. The Hall–Kier alpha value is -2.20. The number of rotatable bonds is 6. The molecule has 0 aliphatic carbocycles. The van der Waals surface area contributed by atoms with Gasteiger partial charge in [-0.3, -0.25) is 9.78 Å². The molecule has 0 radical (unpaired) electrons. The highest BCUT2D eigenvalue weighted by Crippen LogP contribution is 2.10. The highest BCUT2D eigenvalue weighted by atomic mass is 16.2. The third-order valence-corrected chi connectivity index (χ3v) is 3.04. The second-order valence-corrected chi connectivity index (χ2v) is 4.60. The molecule has 4 nitrogen and oxygen atoms in total. The SMILES string of the molecule is NCCCN(Cc1cccnc1)C(=O)c1ccccc1. The van der Waals surface area contributed by atoms with Crippen molar-refractivity contribution in [2.75, 3.05) is 13.1 Å². The largest absolute Gasteiger partial charge is 0.334 e. The molecule has 0 spiro atoms. The number of amides is 1. The van der Waals surface area contributed by atoms with Gasteiger partial charge in [0.2, 0.25) is 0 Å². The molecule has 1 aromatic heterocycles. The van der Waals surface area contributed by atoms with Crippen molar-refractivity contribution in [3.05, 3.63) is 66.0 Å². The highest BCUT2D eigenvalue weighted by Gasteiger charge is 2.15. The third-order valence-electron chi connectivity index (χ3n) is 3.04. The second-order valence-electron chi connectivity index (χ2n) is 4.60. The van der Waals surface area contributed by atoms with E-state index in [0.29, 0.717) is 25.2 Å². The average molecular weight is 269 g/mol. The number of nitrogens with zero attached hydrogens (tertiary/aromatic N) is 2. The zero-order chi connectivity index (χ0) is 14.2. The van der Waals surface area contributed by atoms with Crippen LogP contribution in [0.1, 0.15) is 22.3 Å². The van der Waals surface area contributed by atoms with Crippen LogP contribution in [0.15, 0.2) is 54.9 Å². The molecule has 0 unspecified atom stereocenters. The van der Waals surface area contributed by atoms with Gasteiger partial charge in [0.05, 0.1) is 0 Å². The summed E-state index contributed by atoms with van der Waals surface area (Å²) in [5.41, 5.74) is 7.28. The maximum atomic E-state index is 12.5. The number of pyridine rings is 1. The number of hydrogen-bond acceptors (Lipinski definition) is 3. The van der Waals surface area contributed by atoms with Crippen molar-refractivity contribution in [2.45, 2.75) is 13.0 Å². The van der Waals surface area contributed by atoms with Crippen LogP contribution in [0.2, 0.25) is 0 Å². The highest BCUT2D eigenvalue weighted by molar-refractivity contribution is 5.94. The van der Waals surface area contributed by atoms with E-state index in [0.717, 1.165) is 12.0 Å². The molecule has 2 rings (SSSR count). The fourth-order valence-electron chi connectivity index (χ4n) is 2.01. The van der Waals surface area contributed by atoms with Crippen LogP contribution < -0.4 is 5.73 Å². The molecule has 0 saturated heterocycles. The van der Waals surface area contributed by atoms with E-state index in [1.54, 1.807) is 12.4 Å². The second kappa shape index (κ2) is 7.40. The molecular formula is C16H19N3O. The molecule has 20 heavy (non-hydrogen) atoms. The van der Waals surface area contributed by atoms with E-state index in [-0.39, 0.29) is 5.91 Å². The van der Waals surface area contributed by atoms with Gasteiger partial charge in [-0.15, -0.1) is 0 Å². The van der Waals surface area contributed by atoms with Gasteiger partial charge in [-0.25, -0.2) is 0 Å². The Morgan fingerprint density at radius 3 is 2.60 bits per heavy atom. The summed E-state index contributed by atoms with van der Waals surface area (Å²) in [6.07, 6.45) is 4.30. The number of benzene rings is 1. The van der Waals surface area contributed by atoms with Crippen LogP contribution in [0.25, 0.3) is 0 Å². The van der Waals surface area contributed by atoms with E-state index in [9.17, 15) is 4.79 Å². The normalized spacial score (nSPS) is 10.2. The molecule has 4 heteroatoms. The van der Waals surface area contributed by atoms with Crippen molar-refractivity contribution in [3.63, 3.8) is 0 Å². The van der Waals surface area contributed by atoms with Crippen LogP contribution in [-0.4, -0.2) is 28.9 Å². The van der Waals surface area contributed by atoms with Gasteiger partial charge in [-0.05, 0) is 36.7 Å². The summed E-state index contributed by atoms with van der Waals surface area (Å²) in [4.78, 5) is 18.4. The fraction of sp³-hybridized carbons (Fsp3) is 0.250. The molecule has 2 N–H and O–H groups in total. The first-order valence-electron chi connectivity index (χ1n) is 6.74. The van der Waals surface area contributed by atoms with Crippen molar-refractivity contribution >= 4 is 5.91 Å². The van der Waals surface area contributed by atoms with E-state index in [1.165, 1.54) is 0 Å². The number of carbonyl (C=O) groups excluding carboxylic acids is 1. The van der Waals surface area contributed by atoms with Crippen molar-refractivity contribution < 1.29 is 4.79 Å². The van der Waals surface area contributed by atoms with E-state index < -0.39 is 0 Å². The molecule has 0 aliphatic heterocycles. The molecule has 0 saturated carbocycles. The first-order chi connectivity index (χ1) is 9.81. The van der Waals surface area contributed by atoms with E-state index in [2.05, 4.69) is 4.98 Å². The van der Waals surface area contributed by atoms with E-state index in [1.807, 2.05) is 47.4 Å². The van der Waals surface area contributed by atoms with Gasteiger partial charge in [-0.2, -0.15) is 0 Å². The number of hydrogen-bond donors (Lipinski definition) is 1. The third kappa shape index (κ3) is 3.90. The predicted molar refractivity (Wildman–Crippen MR) is 79.1 cm³/mol. The summed E-state index contributed by atoms with van der Waals surface area (Å²) in [7, 11) is 0. The predicted octanol–water partition coefficient (Wildman–Crippen LogP) is 2.07. The van der Waals surface area contributed by atoms with Gasteiger partial charge in [-0.1, -0.05) is 24.3 Å². The summed E-state index contributed by atoms with van der Waals surface area (Å²) in [5, 5.41) is 0. The lowest BCUT2D eigenvalue weighted by molar-refractivity contribution is 0.0742. The number of nitrogens with two attached hydrogens (primary N) is 1. The van der Waals surface area contributed by atoms with Crippen LogP contribution in [0, 0.1) is 0 Å². The van der Waals surface area contributed by atoms with E-state index in [4.69, 9.17) is 5.73 Å². The van der Waals surface area contributed by atoms with Crippen molar-refractivity contribution in [3.8, 4) is 0 Å². The zero-order valence-corrected chi connectivity index (χ0v) is 11.4. The lowest BCUT2D eigenvalue weighted by Crippen LogP contribution is -2.32. The lowest BCUT2D eigenvalue weighted by atomic mass is 10.1. The van der Waals surface area contributed by atoms with Crippen molar-refractivity contribution in [1.82, 2.24) is 9.88 Å². The Morgan fingerprint density at radius 1 is 1.15 bits per heavy atom. The van der Waals surface area contributed by atoms with Crippen LogP contribution in [0.5, 0.6) is 0 Å². The standard InChI is InChI=1S/C16H19N3O/c17-9-5-11-19(13-14-6-4-10-18-12-14)16(20)15-7-2-1-3-8-15/h1-4,6-8,10,12H,5,9,11,13,17H2.